The first-order valence-electron chi connectivity index (χ1n) is 9.10. The summed E-state index contributed by atoms with van der Waals surface area (Å²) in [6.45, 7) is 1.07. The first-order valence-corrected chi connectivity index (χ1v) is 9.10. The summed E-state index contributed by atoms with van der Waals surface area (Å²) in [5.41, 5.74) is 3.35. The lowest BCUT2D eigenvalue weighted by molar-refractivity contribution is -0.384. The quantitative estimate of drug-likeness (QED) is 0.354. The van der Waals surface area contributed by atoms with Crippen LogP contribution in [0, 0.1) is 16.0 Å². The smallest absolute Gasteiger partial charge is 0.269 e. The molecule has 0 radical (unpaired) electrons. The molecular formula is C21H22N2O4. The number of benzene rings is 2. The molecule has 2 aliphatic rings. The van der Waals surface area contributed by atoms with Gasteiger partial charge < -0.3 is 14.8 Å². The Morgan fingerprint density at radius 2 is 2.11 bits per heavy atom. The maximum Gasteiger partial charge on any atom is 0.269 e. The molecule has 0 amide bonds. The van der Waals surface area contributed by atoms with Crippen LogP contribution in [-0.4, -0.2) is 25.2 Å². The topological polar surface area (TPSA) is 73.6 Å². The van der Waals surface area contributed by atoms with E-state index >= 15 is 0 Å². The van der Waals surface area contributed by atoms with Gasteiger partial charge >= 0.3 is 0 Å². The minimum Gasteiger partial charge on any atom is -0.491 e. The van der Waals surface area contributed by atoms with Crippen LogP contribution in [-0.2, 0) is 4.74 Å². The summed E-state index contributed by atoms with van der Waals surface area (Å²) in [5.74, 6) is 1.44. The molecule has 0 saturated carbocycles. The Kier molecular flexibility index (Phi) is 4.81. The second-order valence-corrected chi connectivity index (χ2v) is 6.92. The number of nitrogens with zero attached hydrogens (tertiary/aromatic N) is 1. The van der Waals surface area contributed by atoms with Crippen molar-refractivity contribution in [2.75, 3.05) is 25.6 Å². The molecule has 0 saturated heterocycles. The van der Waals surface area contributed by atoms with Crippen LogP contribution in [0.3, 0.4) is 0 Å². The van der Waals surface area contributed by atoms with Gasteiger partial charge in [-0.3, -0.25) is 10.1 Å². The van der Waals surface area contributed by atoms with Gasteiger partial charge in [-0.15, -0.1) is 0 Å². The van der Waals surface area contributed by atoms with E-state index in [1.54, 1.807) is 19.2 Å². The van der Waals surface area contributed by atoms with Gasteiger partial charge in [-0.1, -0.05) is 24.3 Å². The zero-order chi connectivity index (χ0) is 18.8. The normalized spacial score (nSPS) is 22.6. The van der Waals surface area contributed by atoms with Gasteiger partial charge in [0.15, 0.2) is 0 Å². The fraction of sp³-hybridized carbons (Fsp3) is 0.333. The van der Waals surface area contributed by atoms with E-state index in [1.807, 2.05) is 18.2 Å². The SMILES string of the molecule is COCCOc1ccc2c(c1)C1C=CCC1C(c1cccc([N+](=O)[O-])c1)N2. The summed E-state index contributed by atoms with van der Waals surface area (Å²) in [6, 6.07) is 13.1. The molecule has 140 valence electrons. The number of non-ortho nitro benzene ring substituents is 1. The molecule has 6 nitrogen and oxygen atoms in total. The van der Waals surface area contributed by atoms with E-state index in [1.165, 1.54) is 11.6 Å². The van der Waals surface area contributed by atoms with Gasteiger partial charge in [-0.2, -0.15) is 0 Å². The molecule has 1 N–H and O–H groups in total. The number of ether oxygens (including phenoxy) is 2. The monoisotopic (exact) mass is 366 g/mol. The predicted molar refractivity (Wildman–Crippen MR) is 103 cm³/mol. The highest BCUT2D eigenvalue weighted by Gasteiger charge is 2.38. The molecule has 6 heteroatoms. The highest BCUT2D eigenvalue weighted by atomic mass is 16.6. The molecule has 0 aromatic heterocycles. The molecular weight excluding hydrogens is 344 g/mol. The molecule has 3 atom stereocenters. The summed E-state index contributed by atoms with van der Waals surface area (Å²) in [4.78, 5) is 10.8. The maximum atomic E-state index is 11.2. The number of nitrogens with one attached hydrogen (secondary N) is 1. The molecule has 1 aliphatic carbocycles. The fourth-order valence-electron chi connectivity index (χ4n) is 4.07. The standard InChI is InChI=1S/C21H22N2O4/c1-26-10-11-27-16-8-9-20-19(13-16)17-6-3-7-18(17)21(22-20)14-4-2-5-15(12-14)23(24)25/h2-6,8-9,12-13,17-18,21-22H,7,10-11H2,1H3. The minimum absolute atomic E-state index is 0.0395. The maximum absolute atomic E-state index is 11.2. The molecule has 27 heavy (non-hydrogen) atoms. The molecule has 4 rings (SSSR count). The molecule has 0 bridgehead atoms. The van der Waals surface area contributed by atoms with Gasteiger partial charge in [0.1, 0.15) is 12.4 Å². The Morgan fingerprint density at radius 3 is 2.93 bits per heavy atom. The molecule has 0 fully saturated rings. The summed E-state index contributed by atoms with van der Waals surface area (Å²) >= 11 is 0. The van der Waals surface area contributed by atoms with Crippen LogP contribution in [0.25, 0.3) is 0 Å². The van der Waals surface area contributed by atoms with Crippen molar-refractivity contribution in [3.63, 3.8) is 0 Å². The van der Waals surface area contributed by atoms with Crippen molar-refractivity contribution < 1.29 is 14.4 Å². The van der Waals surface area contributed by atoms with E-state index in [2.05, 4.69) is 23.5 Å². The summed E-state index contributed by atoms with van der Waals surface area (Å²) in [7, 11) is 1.65. The molecule has 2 aromatic carbocycles. The van der Waals surface area contributed by atoms with Crippen LogP contribution >= 0.6 is 0 Å². The first kappa shape index (κ1) is 17.5. The summed E-state index contributed by atoms with van der Waals surface area (Å²) < 4.78 is 10.8. The number of rotatable bonds is 6. The first-order chi connectivity index (χ1) is 13.2. The van der Waals surface area contributed by atoms with E-state index in [0.29, 0.717) is 19.1 Å². The summed E-state index contributed by atoms with van der Waals surface area (Å²) in [5, 5.41) is 14.8. The van der Waals surface area contributed by atoms with Crippen LogP contribution in [0.5, 0.6) is 5.75 Å². The number of hydrogen-bond acceptors (Lipinski definition) is 5. The number of allylic oxidation sites excluding steroid dienone is 2. The van der Waals surface area contributed by atoms with Crippen molar-refractivity contribution in [1.82, 2.24) is 0 Å². The molecule has 3 unspecified atom stereocenters. The third kappa shape index (κ3) is 3.40. The minimum atomic E-state index is -0.339. The lowest BCUT2D eigenvalue weighted by Crippen LogP contribution is -2.29. The highest BCUT2D eigenvalue weighted by Crippen LogP contribution is 2.50. The van der Waals surface area contributed by atoms with Crippen LogP contribution in [0.15, 0.2) is 54.6 Å². The number of nitro groups is 1. The van der Waals surface area contributed by atoms with Crippen molar-refractivity contribution in [3.8, 4) is 5.75 Å². The van der Waals surface area contributed by atoms with Crippen LogP contribution in [0.2, 0.25) is 0 Å². The Labute approximate surface area is 158 Å². The van der Waals surface area contributed by atoms with Gasteiger partial charge in [0.25, 0.3) is 5.69 Å². The van der Waals surface area contributed by atoms with Crippen molar-refractivity contribution in [1.29, 1.82) is 0 Å². The third-order valence-electron chi connectivity index (χ3n) is 5.33. The third-order valence-corrected chi connectivity index (χ3v) is 5.33. The van der Waals surface area contributed by atoms with Gasteiger partial charge in [0.05, 0.1) is 17.6 Å². The van der Waals surface area contributed by atoms with E-state index in [0.717, 1.165) is 23.4 Å². The number of nitro benzene ring substituents is 1. The Morgan fingerprint density at radius 1 is 1.22 bits per heavy atom. The zero-order valence-corrected chi connectivity index (χ0v) is 15.1. The van der Waals surface area contributed by atoms with Crippen LogP contribution < -0.4 is 10.1 Å². The second-order valence-electron chi connectivity index (χ2n) is 6.92. The van der Waals surface area contributed by atoms with Gasteiger partial charge in [-0.25, -0.2) is 0 Å². The Hall–Kier alpha value is -2.86. The lowest BCUT2D eigenvalue weighted by atomic mass is 9.77. The van der Waals surface area contributed by atoms with Crippen molar-refractivity contribution in [3.05, 3.63) is 75.9 Å². The van der Waals surface area contributed by atoms with Gasteiger partial charge in [0, 0.05) is 30.8 Å². The average Bonchev–Trinajstić information content (AvgIpc) is 3.18. The van der Waals surface area contributed by atoms with Crippen molar-refractivity contribution in [2.45, 2.75) is 18.4 Å². The van der Waals surface area contributed by atoms with E-state index in [-0.39, 0.29) is 22.6 Å². The molecule has 0 spiro atoms. The number of fused-ring (bicyclic) bond motifs is 3. The Bertz CT molecular complexity index is 880. The van der Waals surface area contributed by atoms with Crippen LogP contribution in [0.4, 0.5) is 11.4 Å². The molecule has 1 aliphatic heterocycles. The number of methoxy groups -OCH3 is 1. The average molecular weight is 366 g/mol. The number of hydrogen-bond donors (Lipinski definition) is 1. The molecule has 2 aromatic rings. The molecule has 1 heterocycles. The predicted octanol–water partition coefficient (Wildman–Crippen LogP) is 4.45. The highest BCUT2D eigenvalue weighted by molar-refractivity contribution is 5.62. The van der Waals surface area contributed by atoms with E-state index in [4.69, 9.17) is 9.47 Å². The summed E-state index contributed by atoms with van der Waals surface area (Å²) in [6.07, 6.45) is 5.39. The number of anilines is 1. The van der Waals surface area contributed by atoms with Gasteiger partial charge in [-0.05, 0) is 41.7 Å². The van der Waals surface area contributed by atoms with Crippen molar-refractivity contribution in [2.24, 2.45) is 5.92 Å². The zero-order valence-electron chi connectivity index (χ0n) is 15.1. The van der Waals surface area contributed by atoms with Crippen LogP contribution in [0.1, 0.15) is 29.5 Å². The van der Waals surface area contributed by atoms with E-state index < -0.39 is 0 Å². The Balaban J connectivity index is 1.64. The van der Waals surface area contributed by atoms with Crippen molar-refractivity contribution >= 4 is 11.4 Å². The second kappa shape index (κ2) is 7.40. The lowest BCUT2D eigenvalue weighted by Gasteiger charge is -2.37. The van der Waals surface area contributed by atoms with E-state index in [9.17, 15) is 10.1 Å². The van der Waals surface area contributed by atoms with Gasteiger partial charge in [0.2, 0.25) is 0 Å². The largest absolute Gasteiger partial charge is 0.491 e. The fourth-order valence-corrected chi connectivity index (χ4v) is 4.07.